The Morgan fingerprint density at radius 2 is 2.44 bits per heavy atom. The van der Waals surface area contributed by atoms with Crippen molar-refractivity contribution in [3.63, 3.8) is 0 Å². The quantitative estimate of drug-likeness (QED) is 0.602. The monoisotopic (exact) mass is 127 g/mol. The predicted octanol–water partition coefficient (Wildman–Crippen LogP) is 0.713. The van der Waals surface area contributed by atoms with Gasteiger partial charge in [0, 0.05) is 6.20 Å². The van der Waals surface area contributed by atoms with Gasteiger partial charge in [-0.2, -0.15) is 0 Å². The molecular formula is C6H6FNO. The lowest BCUT2D eigenvalue weighted by Gasteiger charge is -1.91. The number of hydrogen-bond acceptors (Lipinski definition) is 2. The van der Waals surface area contributed by atoms with Crippen molar-refractivity contribution < 1.29 is 9.50 Å². The van der Waals surface area contributed by atoms with Crippen LogP contribution in [0.5, 0.6) is 0 Å². The van der Waals surface area contributed by atoms with Crippen LogP contribution in [-0.2, 0) is 6.61 Å². The smallest absolute Gasteiger partial charge is 0.126 e. The van der Waals surface area contributed by atoms with E-state index in [1.54, 1.807) is 0 Å². The number of aromatic nitrogens is 1. The maximum Gasteiger partial charge on any atom is 0.126 e. The Labute approximate surface area is 52.0 Å². The second-order valence-electron chi connectivity index (χ2n) is 1.62. The first-order valence-electron chi connectivity index (χ1n) is 2.54. The van der Waals surface area contributed by atoms with Crippen LogP contribution in [0, 0.1) is 5.82 Å². The van der Waals surface area contributed by atoms with Gasteiger partial charge in [-0.25, -0.2) is 4.39 Å². The summed E-state index contributed by atoms with van der Waals surface area (Å²) in [6.45, 7) is -0.211. The Kier molecular flexibility index (Phi) is 1.75. The second-order valence-corrected chi connectivity index (χ2v) is 1.62. The molecule has 48 valence electrons. The molecule has 1 N–H and O–H groups in total. The summed E-state index contributed by atoms with van der Waals surface area (Å²) in [5.74, 6) is -0.367. The molecule has 0 unspecified atom stereocenters. The van der Waals surface area contributed by atoms with E-state index in [2.05, 4.69) is 4.98 Å². The zero-order valence-corrected chi connectivity index (χ0v) is 4.71. The van der Waals surface area contributed by atoms with E-state index in [1.165, 1.54) is 18.3 Å². The van der Waals surface area contributed by atoms with Crippen molar-refractivity contribution in [2.45, 2.75) is 6.61 Å². The van der Waals surface area contributed by atoms with Crippen molar-refractivity contribution in [2.75, 3.05) is 0 Å². The summed E-state index contributed by atoms with van der Waals surface area (Å²) in [5.41, 5.74) is 0.356. The van der Waals surface area contributed by atoms with Crippen LogP contribution in [-0.4, -0.2) is 10.1 Å². The highest BCUT2D eigenvalue weighted by molar-refractivity contribution is 5.04. The zero-order valence-electron chi connectivity index (χ0n) is 4.71. The third-order valence-electron chi connectivity index (χ3n) is 0.941. The van der Waals surface area contributed by atoms with Crippen LogP contribution in [0.15, 0.2) is 18.3 Å². The summed E-state index contributed by atoms with van der Waals surface area (Å²) in [6, 6.07) is 2.43. The van der Waals surface area contributed by atoms with Gasteiger partial charge in [0.2, 0.25) is 0 Å². The maximum atomic E-state index is 12.2. The van der Waals surface area contributed by atoms with Crippen LogP contribution >= 0.6 is 0 Å². The molecule has 9 heavy (non-hydrogen) atoms. The van der Waals surface area contributed by atoms with Crippen molar-refractivity contribution in [3.8, 4) is 0 Å². The molecule has 0 fully saturated rings. The van der Waals surface area contributed by atoms with Gasteiger partial charge in [-0.05, 0) is 12.1 Å². The van der Waals surface area contributed by atoms with E-state index < -0.39 is 0 Å². The average Bonchev–Trinajstić information content (AvgIpc) is 1.88. The maximum absolute atomic E-state index is 12.2. The molecule has 0 radical (unpaired) electrons. The lowest BCUT2D eigenvalue weighted by molar-refractivity contribution is 0.276. The van der Waals surface area contributed by atoms with Gasteiger partial charge in [-0.1, -0.05) is 0 Å². The number of aliphatic hydroxyl groups is 1. The lowest BCUT2D eigenvalue weighted by Crippen LogP contribution is -1.88. The van der Waals surface area contributed by atoms with Crippen molar-refractivity contribution >= 4 is 0 Å². The van der Waals surface area contributed by atoms with E-state index in [1.807, 2.05) is 0 Å². The molecule has 0 aliphatic rings. The number of nitrogens with zero attached hydrogens (tertiary/aromatic N) is 1. The molecular weight excluding hydrogens is 121 g/mol. The standard InChI is InChI=1S/C6H6FNO/c7-5-1-2-8-6(3-5)4-9/h1-3,9H,4H2. The molecule has 3 heteroatoms. The van der Waals surface area contributed by atoms with Crippen molar-refractivity contribution in [1.82, 2.24) is 4.98 Å². The Hall–Kier alpha value is -0.960. The first-order valence-corrected chi connectivity index (χ1v) is 2.54. The number of halogens is 1. The summed E-state index contributed by atoms with van der Waals surface area (Å²) in [4.78, 5) is 3.67. The fourth-order valence-corrected chi connectivity index (χ4v) is 0.535. The summed E-state index contributed by atoms with van der Waals surface area (Å²) in [7, 11) is 0. The number of hydrogen-bond donors (Lipinski definition) is 1. The first-order chi connectivity index (χ1) is 4.33. The molecule has 0 spiro atoms. The van der Waals surface area contributed by atoms with Crippen LogP contribution < -0.4 is 0 Å². The molecule has 0 amide bonds. The predicted molar refractivity (Wildman–Crippen MR) is 30.1 cm³/mol. The van der Waals surface area contributed by atoms with Gasteiger partial charge in [-0.3, -0.25) is 4.98 Å². The minimum absolute atomic E-state index is 0.211. The normalized spacial score (nSPS) is 9.56. The SMILES string of the molecule is OCc1cc(F)ccn1. The fourth-order valence-electron chi connectivity index (χ4n) is 0.535. The highest BCUT2D eigenvalue weighted by Crippen LogP contribution is 1.97. The van der Waals surface area contributed by atoms with Gasteiger partial charge in [0.05, 0.1) is 12.3 Å². The molecule has 0 bridgehead atoms. The van der Waals surface area contributed by atoms with Crippen LogP contribution in [0.1, 0.15) is 5.69 Å². The van der Waals surface area contributed by atoms with Crippen LogP contribution in [0.3, 0.4) is 0 Å². The highest BCUT2D eigenvalue weighted by atomic mass is 19.1. The van der Waals surface area contributed by atoms with Crippen molar-refractivity contribution in [1.29, 1.82) is 0 Å². The van der Waals surface area contributed by atoms with Crippen LogP contribution in [0.4, 0.5) is 4.39 Å². The third-order valence-corrected chi connectivity index (χ3v) is 0.941. The van der Waals surface area contributed by atoms with Crippen LogP contribution in [0.2, 0.25) is 0 Å². The molecule has 0 atom stereocenters. The Bertz CT molecular complexity index is 202. The topological polar surface area (TPSA) is 33.1 Å². The molecule has 0 aliphatic heterocycles. The second kappa shape index (κ2) is 2.55. The van der Waals surface area contributed by atoms with Gasteiger partial charge in [-0.15, -0.1) is 0 Å². The van der Waals surface area contributed by atoms with Gasteiger partial charge < -0.3 is 5.11 Å². The minimum Gasteiger partial charge on any atom is -0.390 e. The summed E-state index contributed by atoms with van der Waals surface area (Å²) >= 11 is 0. The van der Waals surface area contributed by atoms with Crippen molar-refractivity contribution in [2.24, 2.45) is 0 Å². The van der Waals surface area contributed by atoms with E-state index >= 15 is 0 Å². The van der Waals surface area contributed by atoms with Crippen molar-refractivity contribution in [3.05, 3.63) is 29.8 Å². The summed E-state index contributed by atoms with van der Waals surface area (Å²) in [6.07, 6.45) is 1.32. The Morgan fingerprint density at radius 1 is 1.67 bits per heavy atom. The summed E-state index contributed by atoms with van der Waals surface area (Å²) < 4.78 is 12.2. The minimum atomic E-state index is -0.367. The van der Waals surface area contributed by atoms with Gasteiger partial charge in [0.25, 0.3) is 0 Å². The molecule has 1 aromatic rings. The summed E-state index contributed by atoms with van der Waals surface area (Å²) in [5, 5.41) is 8.43. The molecule has 0 aromatic carbocycles. The molecule has 1 aromatic heterocycles. The molecule has 1 rings (SSSR count). The Balaban J connectivity index is 2.94. The zero-order chi connectivity index (χ0) is 6.69. The molecule has 1 heterocycles. The van der Waals surface area contributed by atoms with Gasteiger partial charge in [0.15, 0.2) is 0 Å². The molecule has 2 nitrogen and oxygen atoms in total. The molecule has 0 saturated heterocycles. The number of pyridine rings is 1. The highest BCUT2D eigenvalue weighted by Gasteiger charge is 1.91. The lowest BCUT2D eigenvalue weighted by atomic mass is 10.4. The van der Waals surface area contributed by atoms with E-state index in [4.69, 9.17) is 5.11 Å². The van der Waals surface area contributed by atoms with Crippen LogP contribution in [0.25, 0.3) is 0 Å². The first kappa shape index (κ1) is 6.16. The largest absolute Gasteiger partial charge is 0.390 e. The average molecular weight is 127 g/mol. The van der Waals surface area contributed by atoms with E-state index in [0.29, 0.717) is 5.69 Å². The number of rotatable bonds is 1. The van der Waals surface area contributed by atoms with Gasteiger partial charge >= 0.3 is 0 Å². The molecule has 0 saturated carbocycles. The Morgan fingerprint density at radius 3 is 2.89 bits per heavy atom. The molecule has 0 aliphatic carbocycles. The number of aliphatic hydroxyl groups excluding tert-OH is 1. The third kappa shape index (κ3) is 1.47. The van der Waals surface area contributed by atoms with E-state index in [-0.39, 0.29) is 12.4 Å². The van der Waals surface area contributed by atoms with Gasteiger partial charge in [0.1, 0.15) is 5.82 Å². The van der Waals surface area contributed by atoms with E-state index in [9.17, 15) is 4.39 Å². The van der Waals surface area contributed by atoms with E-state index in [0.717, 1.165) is 0 Å². The fraction of sp³-hybridized carbons (Fsp3) is 0.167.